The van der Waals surface area contributed by atoms with Crippen molar-refractivity contribution in [2.75, 3.05) is 0 Å². The molecule has 2 rings (SSSR count). The summed E-state index contributed by atoms with van der Waals surface area (Å²) >= 11 is 0. The molecule has 1 N–H and O–H groups in total. The maximum atomic E-state index is 3.56. The molecule has 1 heteroatoms. The normalized spacial score (nSPS) is 12.4. The van der Waals surface area contributed by atoms with Crippen LogP contribution >= 0.6 is 0 Å². The molecule has 2 aromatic rings. The van der Waals surface area contributed by atoms with Crippen LogP contribution in [0.15, 0.2) is 48.5 Å². The molecule has 0 bridgehead atoms. The Hall–Kier alpha value is -1.60. The van der Waals surface area contributed by atoms with E-state index in [9.17, 15) is 0 Å². The van der Waals surface area contributed by atoms with Gasteiger partial charge < -0.3 is 5.32 Å². The van der Waals surface area contributed by atoms with Crippen molar-refractivity contribution in [2.24, 2.45) is 0 Å². The molecule has 0 radical (unpaired) electrons. The van der Waals surface area contributed by atoms with Gasteiger partial charge in [-0.2, -0.15) is 0 Å². The molecule has 2 aromatic carbocycles. The van der Waals surface area contributed by atoms with E-state index in [1.54, 1.807) is 0 Å². The Kier molecular flexibility index (Phi) is 4.16. The zero-order valence-electron chi connectivity index (χ0n) is 11.4. The smallest absolute Gasteiger partial charge is 0.0295 e. The predicted octanol–water partition coefficient (Wildman–Crippen LogP) is 4.15. The van der Waals surface area contributed by atoms with E-state index in [-0.39, 0.29) is 0 Å². The molecule has 0 spiro atoms. The minimum absolute atomic E-state index is 0.379. The van der Waals surface area contributed by atoms with Crippen LogP contribution in [0.1, 0.15) is 35.2 Å². The molecule has 1 unspecified atom stereocenters. The van der Waals surface area contributed by atoms with Gasteiger partial charge in [-0.1, -0.05) is 48.5 Å². The van der Waals surface area contributed by atoms with Crippen molar-refractivity contribution in [1.29, 1.82) is 0 Å². The van der Waals surface area contributed by atoms with Crippen LogP contribution in [0.4, 0.5) is 0 Å². The van der Waals surface area contributed by atoms with Crippen LogP contribution in [-0.4, -0.2) is 0 Å². The molecule has 1 nitrogen and oxygen atoms in total. The lowest BCUT2D eigenvalue weighted by atomic mass is 10.0. The van der Waals surface area contributed by atoms with Gasteiger partial charge in [0.1, 0.15) is 0 Å². The second-order valence-electron chi connectivity index (χ2n) is 4.93. The van der Waals surface area contributed by atoms with Gasteiger partial charge in [-0.3, -0.25) is 0 Å². The van der Waals surface area contributed by atoms with Gasteiger partial charge in [-0.15, -0.1) is 0 Å². The average Bonchev–Trinajstić information content (AvgIpc) is 2.40. The third kappa shape index (κ3) is 3.21. The minimum Gasteiger partial charge on any atom is -0.306 e. The van der Waals surface area contributed by atoms with E-state index in [1.807, 2.05) is 0 Å². The van der Waals surface area contributed by atoms with E-state index in [4.69, 9.17) is 0 Å². The number of benzene rings is 2. The minimum atomic E-state index is 0.379. The van der Waals surface area contributed by atoms with Crippen LogP contribution in [0.3, 0.4) is 0 Å². The molecule has 0 heterocycles. The van der Waals surface area contributed by atoms with Gasteiger partial charge in [0, 0.05) is 12.6 Å². The molecule has 0 aliphatic carbocycles. The van der Waals surface area contributed by atoms with Gasteiger partial charge in [-0.25, -0.2) is 0 Å². The molecule has 18 heavy (non-hydrogen) atoms. The highest BCUT2D eigenvalue weighted by atomic mass is 14.9. The quantitative estimate of drug-likeness (QED) is 0.845. The molecule has 0 saturated heterocycles. The number of aryl methyl sites for hydroxylation is 2. The summed E-state index contributed by atoms with van der Waals surface area (Å²) in [4.78, 5) is 0. The van der Waals surface area contributed by atoms with E-state index < -0.39 is 0 Å². The Balaban J connectivity index is 1.99. The molecular formula is C17H21N. The van der Waals surface area contributed by atoms with Gasteiger partial charge in [0.15, 0.2) is 0 Å². The van der Waals surface area contributed by atoms with Crippen molar-refractivity contribution >= 4 is 0 Å². The zero-order valence-corrected chi connectivity index (χ0v) is 11.4. The fourth-order valence-electron chi connectivity index (χ4n) is 2.02. The van der Waals surface area contributed by atoms with Crippen molar-refractivity contribution in [3.63, 3.8) is 0 Å². The highest BCUT2D eigenvalue weighted by molar-refractivity contribution is 5.31. The summed E-state index contributed by atoms with van der Waals surface area (Å²) in [5.74, 6) is 0. The summed E-state index contributed by atoms with van der Waals surface area (Å²) in [6.07, 6.45) is 0. The van der Waals surface area contributed by atoms with Crippen LogP contribution in [0.2, 0.25) is 0 Å². The zero-order chi connectivity index (χ0) is 13.0. The van der Waals surface area contributed by atoms with Crippen molar-refractivity contribution in [2.45, 2.75) is 33.4 Å². The SMILES string of the molecule is Cc1ccc(C(C)NCc2ccccc2)cc1C. The molecule has 0 fully saturated rings. The molecule has 0 aliphatic rings. The van der Waals surface area contributed by atoms with Crippen LogP contribution < -0.4 is 5.32 Å². The summed E-state index contributed by atoms with van der Waals surface area (Å²) in [5, 5.41) is 3.56. The van der Waals surface area contributed by atoms with E-state index in [0.29, 0.717) is 6.04 Å². The van der Waals surface area contributed by atoms with E-state index in [1.165, 1.54) is 22.3 Å². The Labute approximate surface area is 110 Å². The highest BCUT2D eigenvalue weighted by Crippen LogP contribution is 2.17. The van der Waals surface area contributed by atoms with Crippen LogP contribution in [0.25, 0.3) is 0 Å². The van der Waals surface area contributed by atoms with Crippen LogP contribution in [0.5, 0.6) is 0 Å². The molecular weight excluding hydrogens is 218 g/mol. The molecule has 0 amide bonds. The van der Waals surface area contributed by atoms with Crippen molar-refractivity contribution in [3.05, 3.63) is 70.8 Å². The monoisotopic (exact) mass is 239 g/mol. The Morgan fingerprint density at radius 3 is 2.33 bits per heavy atom. The van der Waals surface area contributed by atoms with E-state index in [2.05, 4.69) is 74.6 Å². The van der Waals surface area contributed by atoms with Crippen molar-refractivity contribution in [1.82, 2.24) is 5.32 Å². The molecule has 0 saturated carbocycles. The fourth-order valence-corrected chi connectivity index (χ4v) is 2.02. The van der Waals surface area contributed by atoms with Crippen molar-refractivity contribution < 1.29 is 0 Å². The topological polar surface area (TPSA) is 12.0 Å². The van der Waals surface area contributed by atoms with Gasteiger partial charge in [0.05, 0.1) is 0 Å². The summed E-state index contributed by atoms with van der Waals surface area (Å²) < 4.78 is 0. The fraction of sp³-hybridized carbons (Fsp3) is 0.294. The Morgan fingerprint density at radius 1 is 0.944 bits per heavy atom. The second-order valence-corrected chi connectivity index (χ2v) is 4.93. The number of rotatable bonds is 4. The summed E-state index contributed by atoms with van der Waals surface area (Å²) in [6.45, 7) is 7.45. The predicted molar refractivity (Wildman–Crippen MR) is 77.6 cm³/mol. The maximum Gasteiger partial charge on any atom is 0.0295 e. The molecule has 1 atom stereocenters. The largest absolute Gasteiger partial charge is 0.306 e. The molecule has 0 aliphatic heterocycles. The summed E-state index contributed by atoms with van der Waals surface area (Å²) in [5.41, 5.74) is 5.40. The second kappa shape index (κ2) is 5.83. The number of hydrogen-bond donors (Lipinski definition) is 1. The van der Waals surface area contributed by atoms with Gasteiger partial charge in [0.2, 0.25) is 0 Å². The van der Waals surface area contributed by atoms with E-state index >= 15 is 0 Å². The van der Waals surface area contributed by atoms with Crippen molar-refractivity contribution in [3.8, 4) is 0 Å². The maximum absolute atomic E-state index is 3.56. The summed E-state index contributed by atoms with van der Waals surface area (Å²) in [7, 11) is 0. The first-order valence-corrected chi connectivity index (χ1v) is 6.51. The van der Waals surface area contributed by atoms with Gasteiger partial charge in [-0.05, 0) is 43.0 Å². The van der Waals surface area contributed by atoms with Gasteiger partial charge in [0.25, 0.3) is 0 Å². The van der Waals surface area contributed by atoms with Crippen LogP contribution in [0, 0.1) is 13.8 Å². The summed E-state index contributed by atoms with van der Waals surface area (Å²) in [6, 6.07) is 17.6. The standard InChI is InChI=1S/C17H21N/c1-13-9-10-17(11-14(13)2)15(3)18-12-16-7-5-4-6-8-16/h4-11,15,18H,12H2,1-3H3. The highest BCUT2D eigenvalue weighted by Gasteiger charge is 2.05. The molecule has 94 valence electrons. The Morgan fingerprint density at radius 2 is 1.67 bits per heavy atom. The number of nitrogens with one attached hydrogen (secondary N) is 1. The average molecular weight is 239 g/mol. The number of hydrogen-bond acceptors (Lipinski definition) is 1. The first-order chi connectivity index (χ1) is 8.66. The van der Waals surface area contributed by atoms with E-state index in [0.717, 1.165) is 6.54 Å². The van der Waals surface area contributed by atoms with Crippen LogP contribution in [-0.2, 0) is 6.54 Å². The lowest BCUT2D eigenvalue weighted by molar-refractivity contribution is 0.574. The lowest BCUT2D eigenvalue weighted by Crippen LogP contribution is -2.18. The third-order valence-electron chi connectivity index (χ3n) is 3.49. The van der Waals surface area contributed by atoms with Gasteiger partial charge >= 0.3 is 0 Å². The first kappa shape index (κ1) is 12.8. The molecule has 0 aromatic heterocycles. The lowest BCUT2D eigenvalue weighted by Gasteiger charge is -2.15. The third-order valence-corrected chi connectivity index (χ3v) is 3.49. The first-order valence-electron chi connectivity index (χ1n) is 6.51. The Bertz CT molecular complexity index is 502.